The molecule has 0 amide bonds. The summed E-state index contributed by atoms with van der Waals surface area (Å²) >= 11 is 0. The fraction of sp³-hybridized carbons (Fsp3) is 0.562. The number of hydrogen-bond acceptors (Lipinski definition) is 2. The zero-order valence-electron chi connectivity index (χ0n) is 11.5. The molecule has 1 aliphatic heterocycles. The number of halogens is 1. The van der Waals surface area contributed by atoms with Gasteiger partial charge in [-0.05, 0) is 49.8 Å². The van der Waals surface area contributed by atoms with E-state index in [0.29, 0.717) is 6.04 Å². The number of benzene rings is 1. The van der Waals surface area contributed by atoms with Crippen molar-refractivity contribution < 1.29 is 14.3 Å². The molecular weight excluding hydrogens is 257 g/mol. The molecular formula is C16H20FNO2. The van der Waals surface area contributed by atoms with E-state index in [1.54, 1.807) is 6.07 Å². The summed E-state index contributed by atoms with van der Waals surface area (Å²) in [5, 5.41) is 8.89. The Morgan fingerprint density at radius 1 is 1.20 bits per heavy atom. The molecule has 2 aliphatic rings. The van der Waals surface area contributed by atoms with Crippen LogP contribution in [0.2, 0.25) is 0 Å². The normalized spacial score (nSPS) is 23.4. The van der Waals surface area contributed by atoms with Gasteiger partial charge in [-0.15, -0.1) is 0 Å². The van der Waals surface area contributed by atoms with E-state index in [0.717, 1.165) is 24.6 Å². The Hall–Kier alpha value is -1.58. The summed E-state index contributed by atoms with van der Waals surface area (Å²) in [6, 6.07) is 5.03. The fourth-order valence-electron chi connectivity index (χ4n) is 3.80. The van der Waals surface area contributed by atoms with E-state index in [2.05, 4.69) is 4.90 Å². The molecule has 2 fully saturated rings. The lowest BCUT2D eigenvalue weighted by molar-refractivity contribution is 0.0692. The van der Waals surface area contributed by atoms with Crippen LogP contribution >= 0.6 is 0 Å². The van der Waals surface area contributed by atoms with Crippen molar-refractivity contribution in [3.8, 4) is 0 Å². The Bertz CT molecular complexity index is 511. The molecule has 108 valence electrons. The van der Waals surface area contributed by atoms with Gasteiger partial charge in [0.25, 0.3) is 0 Å². The molecule has 0 bridgehead atoms. The lowest BCUT2D eigenvalue weighted by atomic mass is 9.95. The number of carboxylic acid groups (broad SMARTS) is 1. The maximum atomic E-state index is 13.9. The number of anilines is 1. The predicted molar refractivity (Wildman–Crippen MR) is 75.7 cm³/mol. The molecule has 1 aromatic rings. The molecule has 3 rings (SSSR count). The van der Waals surface area contributed by atoms with E-state index in [1.165, 1.54) is 44.2 Å². The minimum absolute atomic E-state index is 0.245. The van der Waals surface area contributed by atoms with Crippen LogP contribution in [0.15, 0.2) is 18.2 Å². The molecule has 4 heteroatoms. The van der Waals surface area contributed by atoms with Gasteiger partial charge in [0.15, 0.2) is 0 Å². The standard InChI is InChI=1S/C16H20FNO2/c17-14-10-12(7-8-13(14)16(19)20)18-9-3-6-15(18)11-4-1-2-5-11/h7-8,10-11,15H,1-6,9H2,(H,19,20). The van der Waals surface area contributed by atoms with Crippen molar-refractivity contribution in [1.29, 1.82) is 0 Å². The molecule has 1 saturated carbocycles. The van der Waals surface area contributed by atoms with E-state index in [9.17, 15) is 9.18 Å². The molecule has 1 heterocycles. The fourth-order valence-corrected chi connectivity index (χ4v) is 3.80. The quantitative estimate of drug-likeness (QED) is 0.916. The molecule has 0 aromatic heterocycles. The maximum Gasteiger partial charge on any atom is 0.338 e. The number of aromatic carboxylic acids is 1. The molecule has 3 nitrogen and oxygen atoms in total. The molecule has 1 N–H and O–H groups in total. The van der Waals surface area contributed by atoms with Crippen LogP contribution in [-0.2, 0) is 0 Å². The van der Waals surface area contributed by atoms with Crippen LogP contribution in [0.25, 0.3) is 0 Å². The van der Waals surface area contributed by atoms with Crippen molar-refractivity contribution in [1.82, 2.24) is 0 Å². The van der Waals surface area contributed by atoms with Gasteiger partial charge >= 0.3 is 5.97 Å². The number of rotatable bonds is 3. The average molecular weight is 277 g/mol. The highest BCUT2D eigenvalue weighted by Crippen LogP contribution is 2.38. The van der Waals surface area contributed by atoms with Crippen LogP contribution in [0, 0.1) is 11.7 Å². The highest BCUT2D eigenvalue weighted by molar-refractivity contribution is 5.88. The molecule has 1 atom stereocenters. The molecule has 0 spiro atoms. The van der Waals surface area contributed by atoms with Crippen molar-refractivity contribution in [2.24, 2.45) is 5.92 Å². The van der Waals surface area contributed by atoms with Gasteiger partial charge < -0.3 is 10.0 Å². The van der Waals surface area contributed by atoms with E-state index < -0.39 is 11.8 Å². The SMILES string of the molecule is O=C(O)c1ccc(N2CCCC2C2CCCC2)cc1F. The van der Waals surface area contributed by atoms with Crippen molar-refractivity contribution in [2.75, 3.05) is 11.4 Å². The zero-order valence-corrected chi connectivity index (χ0v) is 11.5. The second-order valence-corrected chi connectivity index (χ2v) is 5.92. The van der Waals surface area contributed by atoms with Gasteiger partial charge in [0.05, 0.1) is 5.56 Å². The highest BCUT2D eigenvalue weighted by Gasteiger charge is 2.33. The van der Waals surface area contributed by atoms with Crippen molar-refractivity contribution in [2.45, 2.75) is 44.6 Å². The number of hydrogen-bond donors (Lipinski definition) is 1. The molecule has 1 saturated heterocycles. The summed E-state index contributed by atoms with van der Waals surface area (Å²) in [6.07, 6.45) is 7.48. The molecule has 1 unspecified atom stereocenters. The molecule has 0 radical (unpaired) electrons. The smallest absolute Gasteiger partial charge is 0.338 e. The minimum Gasteiger partial charge on any atom is -0.478 e. The Kier molecular flexibility index (Phi) is 3.64. The van der Waals surface area contributed by atoms with Crippen LogP contribution < -0.4 is 4.90 Å². The minimum atomic E-state index is -1.21. The van der Waals surface area contributed by atoms with Gasteiger partial charge in [-0.2, -0.15) is 0 Å². The van der Waals surface area contributed by atoms with Crippen molar-refractivity contribution >= 4 is 11.7 Å². The van der Waals surface area contributed by atoms with Gasteiger partial charge in [-0.25, -0.2) is 9.18 Å². The Morgan fingerprint density at radius 3 is 2.60 bits per heavy atom. The second kappa shape index (κ2) is 5.43. The molecule has 1 aliphatic carbocycles. The summed E-state index contributed by atoms with van der Waals surface area (Å²) in [5.41, 5.74) is 0.590. The summed E-state index contributed by atoms with van der Waals surface area (Å²) < 4.78 is 13.9. The molecule has 20 heavy (non-hydrogen) atoms. The first-order valence-corrected chi connectivity index (χ1v) is 7.46. The first-order chi connectivity index (χ1) is 9.66. The Morgan fingerprint density at radius 2 is 1.95 bits per heavy atom. The lowest BCUT2D eigenvalue weighted by Gasteiger charge is -2.31. The predicted octanol–water partition coefficient (Wildman–Crippen LogP) is 3.68. The van der Waals surface area contributed by atoms with E-state index >= 15 is 0 Å². The van der Waals surface area contributed by atoms with Crippen LogP contribution in [0.3, 0.4) is 0 Å². The molecule has 1 aromatic carbocycles. The number of carbonyl (C=O) groups is 1. The first kappa shape index (κ1) is 13.4. The van der Waals surface area contributed by atoms with Crippen LogP contribution in [-0.4, -0.2) is 23.7 Å². The Balaban J connectivity index is 1.84. The third-order valence-electron chi connectivity index (χ3n) is 4.76. The maximum absolute atomic E-state index is 13.9. The Labute approximate surface area is 118 Å². The topological polar surface area (TPSA) is 40.5 Å². The van der Waals surface area contributed by atoms with Crippen LogP contribution in [0.1, 0.15) is 48.9 Å². The lowest BCUT2D eigenvalue weighted by Crippen LogP contribution is -2.34. The number of nitrogens with zero attached hydrogens (tertiary/aromatic N) is 1. The largest absolute Gasteiger partial charge is 0.478 e. The van der Waals surface area contributed by atoms with Gasteiger partial charge in [0.2, 0.25) is 0 Å². The van der Waals surface area contributed by atoms with Crippen LogP contribution in [0.4, 0.5) is 10.1 Å². The number of carboxylic acids is 1. The monoisotopic (exact) mass is 277 g/mol. The van der Waals surface area contributed by atoms with Gasteiger partial charge in [0.1, 0.15) is 5.82 Å². The van der Waals surface area contributed by atoms with Crippen LogP contribution in [0.5, 0.6) is 0 Å². The van der Waals surface area contributed by atoms with E-state index in [1.807, 2.05) is 0 Å². The van der Waals surface area contributed by atoms with Gasteiger partial charge in [-0.3, -0.25) is 0 Å². The third-order valence-corrected chi connectivity index (χ3v) is 4.76. The van der Waals surface area contributed by atoms with Crippen molar-refractivity contribution in [3.05, 3.63) is 29.6 Å². The van der Waals surface area contributed by atoms with E-state index in [-0.39, 0.29) is 5.56 Å². The first-order valence-electron chi connectivity index (χ1n) is 7.46. The summed E-state index contributed by atoms with van der Waals surface area (Å²) in [5.74, 6) is -1.12. The average Bonchev–Trinajstić information content (AvgIpc) is 3.09. The second-order valence-electron chi connectivity index (χ2n) is 5.92. The summed E-state index contributed by atoms with van der Waals surface area (Å²) in [7, 11) is 0. The van der Waals surface area contributed by atoms with Crippen molar-refractivity contribution in [3.63, 3.8) is 0 Å². The van der Waals surface area contributed by atoms with E-state index in [4.69, 9.17) is 5.11 Å². The zero-order chi connectivity index (χ0) is 14.1. The highest BCUT2D eigenvalue weighted by atomic mass is 19.1. The summed E-state index contributed by atoms with van der Waals surface area (Å²) in [6.45, 7) is 0.951. The third kappa shape index (κ3) is 2.39. The van der Waals surface area contributed by atoms with Gasteiger partial charge in [-0.1, -0.05) is 12.8 Å². The summed E-state index contributed by atoms with van der Waals surface area (Å²) in [4.78, 5) is 13.2. The van der Waals surface area contributed by atoms with Gasteiger partial charge in [0, 0.05) is 18.3 Å².